The van der Waals surface area contributed by atoms with Crippen LogP contribution in [0.4, 0.5) is 0 Å². The highest BCUT2D eigenvalue weighted by atomic mass is 16.4. The monoisotopic (exact) mass is 128 g/mol. The van der Waals surface area contributed by atoms with Gasteiger partial charge >= 0.3 is 5.97 Å². The van der Waals surface area contributed by atoms with Gasteiger partial charge in [0.25, 0.3) is 0 Å². The van der Waals surface area contributed by atoms with Gasteiger partial charge in [-0.05, 0) is 20.3 Å². The number of carboxylic acids is 1. The summed E-state index contributed by atoms with van der Waals surface area (Å²) < 4.78 is 0. The summed E-state index contributed by atoms with van der Waals surface area (Å²) in [5, 5.41) is 8.23. The quantitative estimate of drug-likeness (QED) is 0.588. The Morgan fingerprint density at radius 2 is 2.11 bits per heavy atom. The molecule has 0 heterocycles. The summed E-state index contributed by atoms with van der Waals surface area (Å²) in [4.78, 5) is 9.99. The maximum atomic E-state index is 9.99. The zero-order valence-electron chi connectivity index (χ0n) is 5.85. The van der Waals surface area contributed by atoms with E-state index in [0.717, 1.165) is 5.57 Å². The summed E-state index contributed by atoms with van der Waals surface area (Å²) in [5.74, 6) is -0.726. The van der Waals surface area contributed by atoms with Crippen molar-refractivity contribution in [2.75, 3.05) is 0 Å². The minimum Gasteiger partial charge on any atom is -0.481 e. The highest BCUT2D eigenvalue weighted by Gasteiger charge is 1.95. The van der Waals surface area contributed by atoms with Crippen LogP contribution in [0.1, 0.15) is 26.7 Å². The molecule has 52 valence electrons. The fourth-order valence-corrected chi connectivity index (χ4v) is 0.448. The Kier molecular flexibility index (Phi) is 3.76. The molecule has 0 bridgehead atoms. The second kappa shape index (κ2) is 4.13. The van der Waals surface area contributed by atoms with Crippen molar-refractivity contribution in [3.8, 4) is 0 Å². The smallest absolute Gasteiger partial charge is 0.303 e. The topological polar surface area (TPSA) is 37.3 Å². The lowest BCUT2D eigenvalue weighted by Gasteiger charge is -1.93. The summed E-state index contributed by atoms with van der Waals surface area (Å²) in [7, 11) is 0. The van der Waals surface area contributed by atoms with Crippen LogP contribution < -0.4 is 0 Å². The first-order valence-electron chi connectivity index (χ1n) is 3.00. The van der Waals surface area contributed by atoms with E-state index in [1.807, 2.05) is 19.9 Å². The molecule has 0 aliphatic carbocycles. The molecule has 0 amide bonds. The van der Waals surface area contributed by atoms with Gasteiger partial charge < -0.3 is 5.11 Å². The van der Waals surface area contributed by atoms with E-state index in [1.54, 1.807) is 0 Å². The summed E-state index contributed by atoms with van der Waals surface area (Å²) in [6.45, 7) is 3.85. The highest BCUT2D eigenvalue weighted by Crippen LogP contribution is 2.01. The minimum atomic E-state index is -0.726. The minimum absolute atomic E-state index is 0.246. The first kappa shape index (κ1) is 8.21. The van der Waals surface area contributed by atoms with E-state index in [4.69, 9.17) is 5.11 Å². The van der Waals surface area contributed by atoms with Crippen molar-refractivity contribution in [1.29, 1.82) is 0 Å². The van der Waals surface area contributed by atoms with Crippen LogP contribution in [0.25, 0.3) is 0 Å². The van der Waals surface area contributed by atoms with E-state index in [0.29, 0.717) is 6.42 Å². The van der Waals surface area contributed by atoms with E-state index >= 15 is 0 Å². The number of carboxylic acid groups (broad SMARTS) is 1. The second-order valence-corrected chi connectivity index (χ2v) is 2.03. The van der Waals surface area contributed by atoms with E-state index < -0.39 is 5.97 Å². The fraction of sp³-hybridized carbons (Fsp3) is 0.571. The number of aliphatic carboxylic acids is 1. The number of carbonyl (C=O) groups is 1. The molecule has 2 heteroatoms. The Labute approximate surface area is 55.2 Å². The first-order valence-corrected chi connectivity index (χ1v) is 3.00. The van der Waals surface area contributed by atoms with Gasteiger partial charge in [0.05, 0.1) is 0 Å². The first-order chi connectivity index (χ1) is 4.16. The molecule has 0 atom stereocenters. The predicted octanol–water partition coefficient (Wildman–Crippen LogP) is 1.82. The highest BCUT2D eigenvalue weighted by molar-refractivity contribution is 5.66. The molecule has 0 saturated heterocycles. The van der Waals surface area contributed by atoms with Crippen LogP contribution in [0.3, 0.4) is 0 Å². The number of allylic oxidation sites excluding steroid dienone is 2. The third-order valence-corrected chi connectivity index (χ3v) is 1.23. The Bertz CT molecular complexity index is 125. The third-order valence-electron chi connectivity index (χ3n) is 1.23. The molecule has 0 aromatic carbocycles. The average molecular weight is 128 g/mol. The maximum absolute atomic E-state index is 9.99. The van der Waals surface area contributed by atoms with Gasteiger partial charge in [0, 0.05) is 6.42 Å². The molecule has 1 N–H and O–H groups in total. The van der Waals surface area contributed by atoms with Gasteiger partial charge in [0.15, 0.2) is 0 Å². The molecule has 0 fully saturated rings. The normalized spacial score (nSPS) is 11.6. The Hall–Kier alpha value is -0.790. The molecule has 2 nitrogen and oxygen atoms in total. The zero-order chi connectivity index (χ0) is 7.28. The van der Waals surface area contributed by atoms with Gasteiger partial charge in [0.1, 0.15) is 0 Å². The van der Waals surface area contributed by atoms with Crippen LogP contribution in [0.2, 0.25) is 0 Å². The summed E-state index contributed by atoms with van der Waals surface area (Å²) in [6.07, 6.45) is 2.85. The Morgan fingerprint density at radius 3 is 2.44 bits per heavy atom. The molecule has 0 aromatic rings. The lowest BCUT2D eigenvalue weighted by molar-refractivity contribution is -0.136. The predicted molar refractivity (Wildman–Crippen MR) is 36.3 cm³/mol. The van der Waals surface area contributed by atoms with Crippen molar-refractivity contribution in [2.45, 2.75) is 26.7 Å². The van der Waals surface area contributed by atoms with Gasteiger partial charge in [-0.3, -0.25) is 4.79 Å². The standard InChI is InChI=1S/C7H12O2/c1-3-6(2)4-5-7(8)9/h3H,4-5H2,1-2H3,(H,8,9)/b6-3-. The van der Waals surface area contributed by atoms with Crippen LogP contribution in [-0.4, -0.2) is 11.1 Å². The molecule has 0 unspecified atom stereocenters. The van der Waals surface area contributed by atoms with Crippen LogP contribution in [0.5, 0.6) is 0 Å². The van der Waals surface area contributed by atoms with Gasteiger partial charge in [0.2, 0.25) is 0 Å². The number of hydrogen-bond acceptors (Lipinski definition) is 1. The Balaban J connectivity index is 3.39. The Morgan fingerprint density at radius 1 is 1.56 bits per heavy atom. The summed E-state index contributed by atoms with van der Waals surface area (Å²) in [6, 6.07) is 0. The molecule has 0 aromatic heterocycles. The maximum Gasteiger partial charge on any atom is 0.303 e. The van der Waals surface area contributed by atoms with Crippen LogP contribution in [0.15, 0.2) is 11.6 Å². The van der Waals surface area contributed by atoms with E-state index in [9.17, 15) is 4.79 Å². The van der Waals surface area contributed by atoms with Gasteiger partial charge in [-0.2, -0.15) is 0 Å². The largest absolute Gasteiger partial charge is 0.481 e. The molecule has 0 spiro atoms. The van der Waals surface area contributed by atoms with Crippen molar-refractivity contribution in [2.24, 2.45) is 0 Å². The lowest BCUT2D eigenvalue weighted by atomic mass is 10.1. The van der Waals surface area contributed by atoms with Crippen molar-refractivity contribution in [3.63, 3.8) is 0 Å². The molecule has 0 rings (SSSR count). The molecule has 0 radical (unpaired) electrons. The zero-order valence-corrected chi connectivity index (χ0v) is 5.85. The van der Waals surface area contributed by atoms with Crippen LogP contribution >= 0.6 is 0 Å². The summed E-state index contributed by atoms with van der Waals surface area (Å²) >= 11 is 0. The van der Waals surface area contributed by atoms with Crippen molar-refractivity contribution >= 4 is 5.97 Å². The van der Waals surface area contributed by atoms with Crippen molar-refractivity contribution < 1.29 is 9.90 Å². The molecular formula is C7H12O2. The number of rotatable bonds is 3. The molecule has 9 heavy (non-hydrogen) atoms. The summed E-state index contributed by atoms with van der Waals surface area (Å²) in [5.41, 5.74) is 1.14. The van der Waals surface area contributed by atoms with Gasteiger partial charge in [-0.25, -0.2) is 0 Å². The van der Waals surface area contributed by atoms with Crippen molar-refractivity contribution in [1.82, 2.24) is 0 Å². The van der Waals surface area contributed by atoms with Gasteiger partial charge in [-0.1, -0.05) is 11.6 Å². The third kappa shape index (κ3) is 5.07. The lowest BCUT2D eigenvalue weighted by Crippen LogP contribution is -1.93. The fourth-order valence-electron chi connectivity index (χ4n) is 0.448. The molecular weight excluding hydrogens is 116 g/mol. The van der Waals surface area contributed by atoms with Gasteiger partial charge in [-0.15, -0.1) is 0 Å². The van der Waals surface area contributed by atoms with E-state index in [2.05, 4.69) is 0 Å². The molecule has 0 aliphatic rings. The second-order valence-electron chi connectivity index (χ2n) is 2.03. The van der Waals surface area contributed by atoms with E-state index in [-0.39, 0.29) is 6.42 Å². The molecule has 0 saturated carbocycles. The van der Waals surface area contributed by atoms with Crippen molar-refractivity contribution in [3.05, 3.63) is 11.6 Å². The van der Waals surface area contributed by atoms with Crippen LogP contribution in [0, 0.1) is 0 Å². The van der Waals surface area contributed by atoms with Crippen LogP contribution in [-0.2, 0) is 4.79 Å². The molecule has 0 aliphatic heterocycles. The van der Waals surface area contributed by atoms with E-state index in [1.165, 1.54) is 0 Å². The average Bonchev–Trinajstić information content (AvgIpc) is 1.83. The number of hydrogen-bond donors (Lipinski definition) is 1. The SMILES string of the molecule is C/C=C(/C)CCC(=O)O.